The Hall–Kier alpha value is -1.45. The van der Waals surface area contributed by atoms with Gasteiger partial charge in [0, 0.05) is 12.6 Å². The second kappa shape index (κ2) is 3.51. The fourth-order valence-electron chi connectivity index (χ4n) is 1.03. The molecule has 0 unspecified atom stereocenters. The molecule has 0 atom stereocenters. The summed E-state index contributed by atoms with van der Waals surface area (Å²) in [5.74, 6) is -3.92. The minimum absolute atomic E-state index is 0.0890. The standard InChI is InChI=1S/C9H8F3N/c1-3-5-4-6(10)7(11)8(12)9(5)13-2/h3-4,13H,1H2,2H3. The molecule has 1 rings (SSSR count). The Morgan fingerprint density at radius 3 is 2.38 bits per heavy atom. The van der Waals surface area contributed by atoms with Gasteiger partial charge in [0.25, 0.3) is 0 Å². The normalized spacial score (nSPS) is 9.85. The Kier molecular flexibility index (Phi) is 2.60. The van der Waals surface area contributed by atoms with Crippen molar-refractivity contribution < 1.29 is 13.2 Å². The zero-order valence-corrected chi connectivity index (χ0v) is 7.00. The molecule has 0 aliphatic carbocycles. The van der Waals surface area contributed by atoms with E-state index in [2.05, 4.69) is 11.9 Å². The van der Waals surface area contributed by atoms with Crippen LogP contribution in [0.4, 0.5) is 18.9 Å². The van der Waals surface area contributed by atoms with E-state index in [9.17, 15) is 13.2 Å². The van der Waals surface area contributed by atoms with Crippen LogP contribution in [-0.2, 0) is 0 Å². The van der Waals surface area contributed by atoms with Gasteiger partial charge in [-0.25, -0.2) is 13.2 Å². The van der Waals surface area contributed by atoms with Crippen LogP contribution >= 0.6 is 0 Å². The first-order valence-electron chi connectivity index (χ1n) is 3.59. The summed E-state index contributed by atoms with van der Waals surface area (Å²) in [5, 5.41) is 2.43. The predicted octanol–water partition coefficient (Wildman–Crippen LogP) is 2.79. The minimum Gasteiger partial charge on any atom is -0.385 e. The number of hydrogen-bond donors (Lipinski definition) is 1. The van der Waals surface area contributed by atoms with Crippen molar-refractivity contribution >= 4 is 11.8 Å². The molecular formula is C9H8F3N. The molecule has 0 bridgehead atoms. The van der Waals surface area contributed by atoms with Crippen molar-refractivity contribution in [2.45, 2.75) is 0 Å². The van der Waals surface area contributed by atoms with E-state index in [0.29, 0.717) is 0 Å². The molecule has 0 fully saturated rings. The summed E-state index contributed by atoms with van der Waals surface area (Å²) >= 11 is 0. The minimum atomic E-state index is -1.48. The summed E-state index contributed by atoms with van der Waals surface area (Å²) in [4.78, 5) is 0. The van der Waals surface area contributed by atoms with Crippen molar-refractivity contribution in [1.29, 1.82) is 0 Å². The number of hydrogen-bond acceptors (Lipinski definition) is 1. The predicted molar refractivity (Wildman–Crippen MR) is 46.0 cm³/mol. The van der Waals surface area contributed by atoms with Crippen LogP contribution in [0, 0.1) is 17.5 Å². The second-order valence-electron chi connectivity index (χ2n) is 2.40. The van der Waals surface area contributed by atoms with Crippen molar-refractivity contribution in [2.24, 2.45) is 0 Å². The molecule has 4 heteroatoms. The Morgan fingerprint density at radius 2 is 1.92 bits per heavy atom. The summed E-state index contributed by atoms with van der Waals surface area (Å²) < 4.78 is 38.3. The maximum atomic E-state index is 13.0. The molecule has 1 N–H and O–H groups in total. The average Bonchev–Trinajstić information content (AvgIpc) is 2.13. The zero-order chi connectivity index (χ0) is 10.0. The van der Waals surface area contributed by atoms with E-state index in [4.69, 9.17) is 0 Å². The number of halogens is 3. The molecule has 0 saturated heterocycles. The van der Waals surface area contributed by atoms with E-state index in [1.807, 2.05) is 0 Å². The lowest BCUT2D eigenvalue weighted by molar-refractivity contribution is 0.449. The number of nitrogens with one attached hydrogen (secondary N) is 1. The molecule has 0 amide bonds. The molecule has 0 saturated carbocycles. The zero-order valence-electron chi connectivity index (χ0n) is 7.00. The molecule has 0 heterocycles. The van der Waals surface area contributed by atoms with E-state index >= 15 is 0 Å². The van der Waals surface area contributed by atoms with E-state index < -0.39 is 17.5 Å². The first kappa shape index (κ1) is 9.64. The Morgan fingerprint density at radius 1 is 1.31 bits per heavy atom. The van der Waals surface area contributed by atoms with Gasteiger partial charge in [0.2, 0.25) is 0 Å². The van der Waals surface area contributed by atoms with Gasteiger partial charge in [0.15, 0.2) is 17.5 Å². The van der Waals surface area contributed by atoms with Crippen molar-refractivity contribution in [2.75, 3.05) is 12.4 Å². The van der Waals surface area contributed by atoms with Gasteiger partial charge in [-0.3, -0.25) is 0 Å². The highest BCUT2D eigenvalue weighted by Gasteiger charge is 2.15. The molecule has 0 aliphatic rings. The van der Waals surface area contributed by atoms with Gasteiger partial charge in [0.1, 0.15) is 0 Å². The third-order valence-corrected chi connectivity index (χ3v) is 1.66. The summed E-state index contributed by atoms with van der Waals surface area (Å²) in [6.07, 6.45) is 1.25. The van der Waals surface area contributed by atoms with Crippen molar-refractivity contribution in [3.63, 3.8) is 0 Å². The molecule has 0 aliphatic heterocycles. The molecule has 0 aromatic heterocycles. The van der Waals surface area contributed by atoms with Crippen LogP contribution < -0.4 is 5.32 Å². The smallest absolute Gasteiger partial charge is 0.196 e. The quantitative estimate of drug-likeness (QED) is 0.702. The largest absolute Gasteiger partial charge is 0.385 e. The van der Waals surface area contributed by atoms with Crippen LogP contribution in [0.25, 0.3) is 6.08 Å². The van der Waals surface area contributed by atoms with Crippen molar-refractivity contribution in [1.82, 2.24) is 0 Å². The highest BCUT2D eigenvalue weighted by Crippen LogP contribution is 2.25. The van der Waals surface area contributed by atoms with Crippen molar-refractivity contribution in [3.8, 4) is 0 Å². The lowest BCUT2D eigenvalue weighted by Gasteiger charge is -2.07. The van der Waals surface area contributed by atoms with Crippen LogP contribution in [0.1, 0.15) is 5.56 Å². The van der Waals surface area contributed by atoms with E-state index in [-0.39, 0.29) is 11.3 Å². The SMILES string of the molecule is C=Cc1cc(F)c(F)c(F)c1NC. The highest BCUT2D eigenvalue weighted by molar-refractivity contribution is 5.66. The van der Waals surface area contributed by atoms with E-state index in [1.165, 1.54) is 13.1 Å². The third-order valence-electron chi connectivity index (χ3n) is 1.66. The Labute approximate surface area is 73.9 Å². The lowest BCUT2D eigenvalue weighted by atomic mass is 10.1. The highest BCUT2D eigenvalue weighted by atomic mass is 19.2. The summed E-state index contributed by atoms with van der Waals surface area (Å²) in [6, 6.07) is 0.886. The van der Waals surface area contributed by atoms with Gasteiger partial charge in [-0.05, 0) is 6.07 Å². The van der Waals surface area contributed by atoms with Crippen LogP contribution in [0.5, 0.6) is 0 Å². The fraction of sp³-hybridized carbons (Fsp3) is 0.111. The number of anilines is 1. The third kappa shape index (κ3) is 1.52. The average molecular weight is 187 g/mol. The molecule has 13 heavy (non-hydrogen) atoms. The topological polar surface area (TPSA) is 12.0 Å². The van der Waals surface area contributed by atoms with Crippen LogP contribution in [0.2, 0.25) is 0 Å². The monoisotopic (exact) mass is 187 g/mol. The first-order valence-corrected chi connectivity index (χ1v) is 3.59. The lowest BCUT2D eigenvalue weighted by Crippen LogP contribution is -2.01. The molecule has 1 aromatic carbocycles. The van der Waals surface area contributed by atoms with Gasteiger partial charge in [-0.15, -0.1) is 0 Å². The second-order valence-corrected chi connectivity index (χ2v) is 2.40. The van der Waals surface area contributed by atoms with Crippen LogP contribution in [-0.4, -0.2) is 7.05 Å². The van der Waals surface area contributed by atoms with Gasteiger partial charge in [-0.2, -0.15) is 0 Å². The van der Waals surface area contributed by atoms with Crippen molar-refractivity contribution in [3.05, 3.63) is 35.7 Å². The maximum Gasteiger partial charge on any atom is 0.196 e. The summed E-state index contributed by atoms with van der Waals surface area (Å²) in [6.45, 7) is 3.36. The summed E-state index contributed by atoms with van der Waals surface area (Å²) in [5.41, 5.74) is 0.104. The van der Waals surface area contributed by atoms with Gasteiger partial charge in [-0.1, -0.05) is 12.7 Å². The van der Waals surface area contributed by atoms with Crippen LogP contribution in [0.15, 0.2) is 12.6 Å². The molecule has 0 radical (unpaired) electrons. The number of benzene rings is 1. The van der Waals surface area contributed by atoms with Gasteiger partial charge in [0.05, 0.1) is 5.69 Å². The van der Waals surface area contributed by atoms with Gasteiger partial charge >= 0.3 is 0 Å². The molecule has 70 valence electrons. The molecule has 1 aromatic rings. The van der Waals surface area contributed by atoms with Crippen LogP contribution in [0.3, 0.4) is 0 Å². The van der Waals surface area contributed by atoms with E-state index in [0.717, 1.165) is 6.07 Å². The Balaban J connectivity index is 3.47. The summed E-state index contributed by atoms with van der Waals surface area (Å²) in [7, 11) is 1.42. The maximum absolute atomic E-state index is 13.0. The fourth-order valence-corrected chi connectivity index (χ4v) is 1.03. The van der Waals surface area contributed by atoms with Gasteiger partial charge < -0.3 is 5.32 Å². The number of rotatable bonds is 2. The van der Waals surface area contributed by atoms with E-state index in [1.54, 1.807) is 0 Å². The molecular weight excluding hydrogens is 179 g/mol. The Bertz CT molecular complexity index is 347. The molecule has 1 nitrogen and oxygen atoms in total. The molecule has 0 spiro atoms. The first-order chi connectivity index (χ1) is 6.11.